The number of carbonyl (C=O) groups excluding carboxylic acids is 2. The molecule has 7 nitrogen and oxygen atoms in total. The molecule has 2 bridgehead atoms. The first-order valence-electron chi connectivity index (χ1n) is 10.7. The summed E-state index contributed by atoms with van der Waals surface area (Å²) >= 11 is 5.99. The number of primary amides is 1. The third-order valence-electron chi connectivity index (χ3n) is 6.09. The fourth-order valence-electron chi connectivity index (χ4n) is 4.72. The monoisotopic (exact) mass is 460 g/mol. The lowest BCUT2D eigenvalue weighted by Crippen LogP contribution is -2.50. The minimum absolute atomic E-state index is 0.0823. The van der Waals surface area contributed by atoms with Crippen molar-refractivity contribution in [3.05, 3.63) is 58.9 Å². The number of fused-ring (bicyclic) bond motifs is 2. The van der Waals surface area contributed by atoms with Crippen LogP contribution in [0.25, 0.3) is 0 Å². The van der Waals surface area contributed by atoms with Crippen LogP contribution in [-0.2, 0) is 11.3 Å². The lowest BCUT2D eigenvalue weighted by Gasteiger charge is -2.39. The van der Waals surface area contributed by atoms with Crippen LogP contribution in [0.5, 0.6) is 5.75 Å². The Hall–Kier alpha value is -2.84. The molecule has 4 N–H and O–H groups in total. The highest BCUT2D eigenvalue weighted by molar-refractivity contribution is 6.30. The predicted octanol–water partition coefficient (Wildman–Crippen LogP) is 3.66. The quantitative estimate of drug-likeness (QED) is 0.587. The molecule has 4 rings (SSSR count). The number of halogens is 2. The number of urea groups is 1. The van der Waals surface area contributed by atoms with Crippen LogP contribution in [0.1, 0.15) is 31.2 Å². The second-order valence-corrected chi connectivity index (χ2v) is 8.77. The largest absolute Gasteiger partial charge is 0.482 e. The number of nitrogens with one attached hydrogen (secondary N) is 2. The molecule has 9 heteroatoms. The number of nitrogens with two attached hydrogens (primary N) is 1. The molecule has 0 saturated carbocycles. The Bertz CT molecular complexity index is 974. The summed E-state index contributed by atoms with van der Waals surface area (Å²) in [4.78, 5) is 26.1. The van der Waals surface area contributed by atoms with Crippen LogP contribution in [0.3, 0.4) is 0 Å². The minimum atomic E-state index is -0.842. The zero-order chi connectivity index (χ0) is 22.7. The molecule has 0 aliphatic carbocycles. The van der Waals surface area contributed by atoms with E-state index in [4.69, 9.17) is 22.1 Å². The van der Waals surface area contributed by atoms with E-state index in [0.717, 1.165) is 43.3 Å². The number of hydrogen-bond donors (Lipinski definition) is 3. The number of hydrogen-bond acceptors (Lipinski definition) is 4. The summed E-state index contributed by atoms with van der Waals surface area (Å²) in [6.45, 7) is 0.649. The maximum atomic E-state index is 13.4. The number of ether oxygens (including phenoxy) is 1. The number of benzene rings is 2. The van der Waals surface area contributed by atoms with E-state index in [1.165, 1.54) is 17.7 Å². The van der Waals surface area contributed by atoms with Crippen molar-refractivity contribution < 1.29 is 18.7 Å². The van der Waals surface area contributed by atoms with E-state index in [9.17, 15) is 14.0 Å². The van der Waals surface area contributed by atoms with E-state index in [1.807, 2.05) is 12.1 Å². The van der Waals surface area contributed by atoms with Crippen molar-refractivity contribution >= 4 is 29.2 Å². The van der Waals surface area contributed by atoms with Crippen LogP contribution in [0.4, 0.5) is 14.9 Å². The normalized spacial score (nSPS) is 22.4. The van der Waals surface area contributed by atoms with Crippen molar-refractivity contribution in [2.45, 2.75) is 50.4 Å². The van der Waals surface area contributed by atoms with Crippen LogP contribution in [0.2, 0.25) is 5.02 Å². The number of nitrogens with zero attached hydrogens (tertiary/aromatic N) is 1. The number of amides is 3. The Morgan fingerprint density at radius 1 is 1.12 bits per heavy atom. The van der Waals surface area contributed by atoms with E-state index in [0.29, 0.717) is 12.1 Å². The Balaban J connectivity index is 1.29. The van der Waals surface area contributed by atoms with Crippen LogP contribution in [0.15, 0.2) is 42.5 Å². The average Bonchev–Trinajstić information content (AvgIpc) is 2.96. The van der Waals surface area contributed by atoms with Crippen molar-refractivity contribution in [3.8, 4) is 5.75 Å². The summed E-state index contributed by atoms with van der Waals surface area (Å²) in [7, 11) is 0. The van der Waals surface area contributed by atoms with Gasteiger partial charge in [-0.1, -0.05) is 23.7 Å². The van der Waals surface area contributed by atoms with Crippen LogP contribution < -0.4 is 21.1 Å². The van der Waals surface area contributed by atoms with E-state index in [-0.39, 0.29) is 30.0 Å². The first-order chi connectivity index (χ1) is 15.4. The molecule has 0 aromatic heterocycles. The molecular formula is C23H26ClFN4O3. The molecule has 0 radical (unpaired) electrons. The Morgan fingerprint density at radius 3 is 2.47 bits per heavy atom. The highest BCUT2D eigenvalue weighted by Crippen LogP contribution is 2.37. The fraction of sp³-hybridized carbons (Fsp3) is 0.391. The summed E-state index contributed by atoms with van der Waals surface area (Å²) in [5.41, 5.74) is 6.42. The first-order valence-corrected chi connectivity index (χ1v) is 11.0. The summed E-state index contributed by atoms with van der Waals surface area (Å²) in [5.74, 6) is -0.625. The van der Waals surface area contributed by atoms with Gasteiger partial charge in [0.1, 0.15) is 11.6 Å². The van der Waals surface area contributed by atoms with Gasteiger partial charge < -0.3 is 21.1 Å². The van der Waals surface area contributed by atoms with Gasteiger partial charge >= 0.3 is 6.03 Å². The predicted molar refractivity (Wildman–Crippen MR) is 120 cm³/mol. The van der Waals surface area contributed by atoms with E-state index < -0.39 is 11.8 Å². The molecule has 32 heavy (non-hydrogen) atoms. The molecule has 3 amide bonds. The molecular weight excluding hydrogens is 435 g/mol. The van der Waals surface area contributed by atoms with Crippen molar-refractivity contribution in [1.29, 1.82) is 0 Å². The van der Waals surface area contributed by atoms with Gasteiger partial charge in [-0.3, -0.25) is 9.69 Å². The zero-order valence-electron chi connectivity index (χ0n) is 17.5. The van der Waals surface area contributed by atoms with Gasteiger partial charge in [0, 0.05) is 35.8 Å². The van der Waals surface area contributed by atoms with Gasteiger partial charge in [-0.25, -0.2) is 9.18 Å². The third-order valence-corrected chi connectivity index (χ3v) is 6.34. The highest BCUT2D eigenvalue weighted by Gasteiger charge is 2.40. The molecule has 170 valence electrons. The Morgan fingerprint density at radius 2 is 1.81 bits per heavy atom. The molecule has 2 atom stereocenters. The first kappa shape index (κ1) is 22.4. The molecule has 2 fully saturated rings. The summed E-state index contributed by atoms with van der Waals surface area (Å²) in [5, 5.41) is 6.09. The molecule has 2 aromatic rings. The number of carbonyl (C=O) groups is 2. The molecule has 2 aliphatic rings. The maximum Gasteiger partial charge on any atom is 0.316 e. The lowest BCUT2D eigenvalue weighted by molar-refractivity contribution is -0.124. The molecule has 0 spiro atoms. The topological polar surface area (TPSA) is 96.7 Å². The second-order valence-electron chi connectivity index (χ2n) is 8.34. The minimum Gasteiger partial charge on any atom is -0.482 e. The van der Waals surface area contributed by atoms with E-state index in [2.05, 4.69) is 27.7 Å². The average molecular weight is 461 g/mol. The molecule has 2 saturated heterocycles. The van der Waals surface area contributed by atoms with Gasteiger partial charge in [-0.2, -0.15) is 0 Å². The standard InChI is InChI=1S/C23H26ClFN4O3/c24-15-3-1-14(2-4-15)12-29-18-6-7-19(29)11-17(10-18)27-22(30)13-32-21-8-5-16(25)9-20(21)28-23(26)31/h1-5,8-9,17-19H,6-7,10-13H2,(H,27,30)(H3,26,28,31)/t18-,19-/m1/s1. The highest BCUT2D eigenvalue weighted by atomic mass is 35.5. The van der Waals surface area contributed by atoms with E-state index in [1.54, 1.807) is 0 Å². The van der Waals surface area contributed by atoms with Gasteiger partial charge in [0.25, 0.3) is 5.91 Å². The van der Waals surface area contributed by atoms with Crippen molar-refractivity contribution in [2.75, 3.05) is 11.9 Å². The Labute approximate surface area is 191 Å². The lowest BCUT2D eigenvalue weighted by atomic mass is 9.96. The van der Waals surface area contributed by atoms with E-state index >= 15 is 0 Å². The molecule has 2 aromatic carbocycles. The van der Waals surface area contributed by atoms with Gasteiger partial charge in [0.05, 0.1) is 5.69 Å². The second kappa shape index (κ2) is 9.75. The number of piperidine rings is 1. The van der Waals surface area contributed by atoms with Crippen molar-refractivity contribution in [2.24, 2.45) is 5.73 Å². The van der Waals surface area contributed by atoms with Crippen LogP contribution >= 0.6 is 11.6 Å². The fourth-order valence-corrected chi connectivity index (χ4v) is 4.85. The van der Waals surface area contributed by atoms with Gasteiger partial charge in [-0.15, -0.1) is 0 Å². The SMILES string of the molecule is NC(=O)Nc1cc(F)ccc1OCC(=O)NC1C[C@H]2CC[C@H](C1)N2Cc1ccc(Cl)cc1. The van der Waals surface area contributed by atoms with Crippen molar-refractivity contribution in [1.82, 2.24) is 10.2 Å². The number of rotatable bonds is 7. The van der Waals surface area contributed by atoms with Crippen LogP contribution in [0, 0.1) is 5.82 Å². The third kappa shape index (κ3) is 5.49. The summed E-state index contributed by atoms with van der Waals surface area (Å²) in [6.07, 6.45) is 4.03. The zero-order valence-corrected chi connectivity index (χ0v) is 18.3. The Kier molecular flexibility index (Phi) is 6.81. The maximum absolute atomic E-state index is 13.4. The molecule has 2 heterocycles. The van der Waals surface area contributed by atoms with Gasteiger partial charge in [-0.05, 0) is 55.5 Å². The number of anilines is 1. The molecule has 2 aliphatic heterocycles. The van der Waals surface area contributed by atoms with Crippen LogP contribution in [-0.4, -0.2) is 41.6 Å². The van der Waals surface area contributed by atoms with Gasteiger partial charge in [0.2, 0.25) is 0 Å². The summed E-state index contributed by atoms with van der Waals surface area (Å²) in [6, 6.07) is 11.7. The van der Waals surface area contributed by atoms with Gasteiger partial charge in [0.15, 0.2) is 6.61 Å². The van der Waals surface area contributed by atoms with Crippen molar-refractivity contribution in [3.63, 3.8) is 0 Å². The molecule has 0 unspecified atom stereocenters. The summed E-state index contributed by atoms with van der Waals surface area (Å²) < 4.78 is 18.9. The smallest absolute Gasteiger partial charge is 0.316 e.